The van der Waals surface area contributed by atoms with Gasteiger partial charge in [0.25, 0.3) is 0 Å². The van der Waals surface area contributed by atoms with E-state index in [1.54, 1.807) is 0 Å². The molecule has 498 valence electrons. The zero-order valence-electron chi connectivity index (χ0n) is 55.1. The van der Waals surface area contributed by atoms with Crippen molar-refractivity contribution in [2.45, 2.75) is 315 Å². The summed E-state index contributed by atoms with van der Waals surface area (Å²) >= 11 is 0. The van der Waals surface area contributed by atoms with Crippen LogP contribution in [-0.2, 0) is 9.59 Å². The van der Waals surface area contributed by atoms with Gasteiger partial charge in [0.05, 0.1) is 6.10 Å². The minimum atomic E-state index is -0.565. The minimum Gasteiger partial charge on any atom is -0.412 e. The van der Waals surface area contributed by atoms with Crippen molar-refractivity contribution in [1.29, 1.82) is 0 Å². The molecule has 0 rings (SSSR count). The number of hydrogen-bond acceptors (Lipinski definition) is 10. The molecule has 15 heteroatoms. The van der Waals surface area contributed by atoms with Gasteiger partial charge >= 0.3 is 0 Å². The predicted octanol–water partition coefficient (Wildman–Crippen LogP) is 11.5. The van der Waals surface area contributed by atoms with E-state index >= 15 is 0 Å². The van der Waals surface area contributed by atoms with Crippen LogP contribution in [0.5, 0.6) is 0 Å². The molecular formula is C67H148N8O7. The summed E-state index contributed by atoms with van der Waals surface area (Å²) in [6, 6.07) is 0. The van der Waals surface area contributed by atoms with Crippen LogP contribution in [-0.4, -0.2) is 144 Å². The van der Waals surface area contributed by atoms with E-state index in [2.05, 4.69) is 56.4 Å². The number of nitrogens with one attached hydrogen (secondary N) is 8. The Morgan fingerprint density at radius 2 is 0.610 bits per heavy atom. The molecule has 0 fully saturated rings. The smallest absolute Gasteiger partial charge is 0.220 e. The van der Waals surface area contributed by atoms with Gasteiger partial charge < -0.3 is 69.2 Å². The lowest BCUT2D eigenvalue weighted by Gasteiger charge is -2.19. The van der Waals surface area contributed by atoms with Crippen LogP contribution in [0.3, 0.4) is 0 Å². The summed E-state index contributed by atoms with van der Waals surface area (Å²) in [4.78, 5) is 23.9. The van der Waals surface area contributed by atoms with Crippen LogP contribution in [0.4, 0.5) is 0 Å². The molecule has 0 saturated carbocycles. The Balaban J connectivity index is -0.000000482. The minimum absolute atomic E-state index is 0. The number of hydrogen-bond donors (Lipinski definition) is 10. The number of carbonyl (C=O) groups is 2. The topological polar surface area (TPSA) is 265 Å². The summed E-state index contributed by atoms with van der Waals surface area (Å²) in [6.07, 6.45) is 57.5. The first kappa shape index (κ1) is 89.3. The Bertz CT molecular complexity index is 1130. The molecule has 0 heterocycles. The molecule has 0 bridgehead atoms. The summed E-state index contributed by atoms with van der Waals surface area (Å²) in [5, 5.41) is 45.2. The zero-order valence-corrected chi connectivity index (χ0v) is 55.1. The fourth-order valence-electron chi connectivity index (χ4n) is 10.4. The molecule has 0 radical (unpaired) electrons. The van der Waals surface area contributed by atoms with Crippen LogP contribution >= 0.6 is 0 Å². The van der Waals surface area contributed by atoms with Crippen molar-refractivity contribution < 1.29 is 36.2 Å². The van der Waals surface area contributed by atoms with Crippen LogP contribution in [0.2, 0.25) is 0 Å². The van der Waals surface area contributed by atoms with E-state index in [1.807, 2.05) is 14.1 Å². The lowest BCUT2D eigenvalue weighted by Crippen LogP contribution is -2.33. The largest absolute Gasteiger partial charge is 0.412 e. The number of likely N-dealkylation sites (N-methyl/N-ethyl adjacent to an activating group) is 2. The molecule has 1 atom stereocenters. The second-order valence-electron chi connectivity index (χ2n) is 23.7. The molecule has 0 unspecified atom stereocenters. The van der Waals surface area contributed by atoms with Crippen LogP contribution in [0.15, 0.2) is 0 Å². The van der Waals surface area contributed by atoms with E-state index in [4.69, 9.17) is 5.11 Å². The monoisotopic (exact) mass is 1180 g/mol. The van der Waals surface area contributed by atoms with Gasteiger partial charge in [0.1, 0.15) is 0 Å². The molecule has 15 nitrogen and oxygen atoms in total. The number of aliphatic hydroxyl groups excluding tert-OH is 2. The highest BCUT2D eigenvalue weighted by Gasteiger charge is 2.10. The van der Waals surface area contributed by atoms with Gasteiger partial charge in [0, 0.05) is 58.7 Å². The zero-order chi connectivity index (χ0) is 57.7. The maximum atomic E-state index is 12.2. The van der Waals surface area contributed by atoms with Crippen molar-refractivity contribution in [2.24, 2.45) is 5.92 Å². The molecular weight excluding hydrogens is 1030 g/mol. The Morgan fingerprint density at radius 1 is 0.317 bits per heavy atom. The molecule has 16 N–H and O–H groups in total. The number of amides is 2. The van der Waals surface area contributed by atoms with Crippen LogP contribution in [0.25, 0.3) is 0 Å². The van der Waals surface area contributed by atoms with Gasteiger partial charge in [-0.25, -0.2) is 0 Å². The van der Waals surface area contributed by atoms with E-state index < -0.39 is 6.10 Å². The van der Waals surface area contributed by atoms with Gasteiger partial charge in [-0.2, -0.15) is 0 Å². The summed E-state index contributed by atoms with van der Waals surface area (Å²) < 4.78 is 0. The lowest BCUT2D eigenvalue weighted by molar-refractivity contribution is -0.122. The highest BCUT2D eigenvalue weighted by Crippen LogP contribution is 2.17. The van der Waals surface area contributed by atoms with Gasteiger partial charge in [-0.05, 0) is 123 Å². The quantitative estimate of drug-likeness (QED) is 0.0257. The number of carbonyl (C=O) groups excluding carboxylic acids is 2. The predicted molar refractivity (Wildman–Crippen MR) is 357 cm³/mol. The first-order valence-electron chi connectivity index (χ1n) is 34.9. The van der Waals surface area contributed by atoms with Crippen LogP contribution in [0.1, 0.15) is 309 Å². The average Bonchev–Trinajstić information content (AvgIpc) is 3.45. The van der Waals surface area contributed by atoms with Crippen molar-refractivity contribution in [1.82, 2.24) is 42.5 Å². The van der Waals surface area contributed by atoms with Crippen LogP contribution < -0.4 is 42.5 Å². The Morgan fingerprint density at radius 3 is 0.951 bits per heavy atom. The first-order chi connectivity index (χ1) is 38.9. The van der Waals surface area contributed by atoms with Gasteiger partial charge in [-0.15, -0.1) is 0 Å². The fourth-order valence-corrected chi connectivity index (χ4v) is 10.4. The molecule has 0 aliphatic rings. The van der Waals surface area contributed by atoms with E-state index in [0.717, 1.165) is 97.8 Å². The van der Waals surface area contributed by atoms with Crippen LogP contribution in [0, 0.1) is 5.92 Å². The van der Waals surface area contributed by atoms with Crippen molar-refractivity contribution >= 4 is 11.8 Å². The molecule has 0 spiro atoms. The van der Waals surface area contributed by atoms with Crippen molar-refractivity contribution in [3.05, 3.63) is 0 Å². The maximum absolute atomic E-state index is 12.2. The molecule has 0 aromatic heterocycles. The maximum Gasteiger partial charge on any atom is 0.220 e. The van der Waals surface area contributed by atoms with Gasteiger partial charge in [-0.3, -0.25) is 9.59 Å². The summed E-state index contributed by atoms with van der Waals surface area (Å²) in [7, 11) is 4.00. The van der Waals surface area contributed by atoms with Crippen molar-refractivity contribution in [2.75, 3.05) is 99.2 Å². The number of unbranched alkanes of at least 4 members (excludes halogenated alkanes) is 36. The van der Waals surface area contributed by atoms with Gasteiger partial charge in [0.2, 0.25) is 11.8 Å². The van der Waals surface area contributed by atoms with E-state index in [-0.39, 0.29) is 34.8 Å². The number of rotatable bonds is 67. The Hall–Kier alpha value is -1.50. The van der Waals surface area contributed by atoms with E-state index in [0.29, 0.717) is 31.6 Å². The van der Waals surface area contributed by atoms with Gasteiger partial charge in [-0.1, -0.05) is 232 Å². The summed E-state index contributed by atoms with van der Waals surface area (Å²) in [5.41, 5.74) is 0. The number of aliphatic hydroxyl groups is 2. The summed E-state index contributed by atoms with van der Waals surface area (Å²) in [6.45, 7) is 17.0. The lowest BCUT2D eigenvalue weighted by atomic mass is 10.00. The molecule has 0 saturated heterocycles. The molecule has 82 heavy (non-hydrogen) atoms. The Kier molecular flexibility index (Phi) is 88.8. The second kappa shape index (κ2) is 81.6. The normalized spacial score (nSPS) is 11.4. The highest BCUT2D eigenvalue weighted by atomic mass is 16.3. The SMILES string of the molecule is CCCCCCCCCCCCCC(=O)NCCCCCCC(CNCCCCNCCNC)CNCCCCNCCNC.CCCCCCCCCCCCCCCCCCCCCCCCNC(=O)CC[C@H](O)CCO.O.O.O. The molecule has 0 aromatic rings. The molecule has 0 aliphatic heterocycles. The summed E-state index contributed by atoms with van der Waals surface area (Å²) in [5.74, 6) is 0.962. The molecule has 0 aliphatic carbocycles. The standard InChI is InChI=1S/C37H81N7O.C30H61NO3.3H2O/c1-4-5-6-7-8-9-10-11-12-13-17-24-37(45)44-29-18-15-14-16-23-36(34-42-27-21-19-25-40-32-30-38-2)35-43-28-22-20-26-41-33-31-39-3;1-2-3-4-5-6-7-8-9-10-11-12-13-14-15-16-17-18-19-20-21-22-23-27-31-30(34)25-24-29(33)26-28-32;;;/h36,38-43H,4-35H2,1-3H3,(H,44,45);29,32-33H,2-28H2,1H3,(H,31,34);3*1H2/t;29-;;;/m.0.../s1. The molecule has 0 aromatic carbocycles. The fraction of sp³-hybridized carbons (Fsp3) is 0.970. The third kappa shape index (κ3) is 80.6. The average molecular weight is 1180 g/mol. The first-order valence-corrected chi connectivity index (χ1v) is 34.9. The van der Waals surface area contributed by atoms with Crippen molar-refractivity contribution in [3.63, 3.8) is 0 Å². The van der Waals surface area contributed by atoms with E-state index in [1.165, 1.54) is 250 Å². The van der Waals surface area contributed by atoms with Crippen molar-refractivity contribution in [3.8, 4) is 0 Å². The third-order valence-corrected chi connectivity index (χ3v) is 15.8. The third-order valence-electron chi connectivity index (χ3n) is 15.8. The Labute approximate surface area is 509 Å². The molecule has 2 amide bonds. The van der Waals surface area contributed by atoms with Gasteiger partial charge in [0.15, 0.2) is 0 Å². The highest BCUT2D eigenvalue weighted by molar-refractivity contribution is 5.76. The van der Waals surface area contributed by atoms with E-state index in [9.17, 15) is 14.7 Å². The second-order valence-corrected chi connectivity index (χ2v) is 23.7.